The van der Waals surface area contributed by atoms with E-state index in [9.17, 15) is 14.4 Å². The zero-order valence-corrected chi connectivity index (χ0v) is 16.6. The number of amides is 2. The highest BCUT2D eigenvalue weighted by atomic mass is 16.5. The van der Waals surface area contributed by atoms with Crippen molar-refractivity contribution in [2.45, 2.75) is 12.8 Å². The van der Waals surface area contributed by atoms with Crippen molar-refractivity contribution in [2.24, 2.45) is 0 Å². The van der Waals surface area contributed by atoms with Crippen LogP contribution in [0, 0.1) is 0 Å². The zero-order valence-electron chi connectivity index (χ0n) is 16.6. The molecule has 2 amide bonds. The topological polar surface area (TPSA) is 95.9 Å². The summed E-state index contributed by atoms with van der Waals surface area (Å²) in [4.78, 5) is 50.5. The van der Waals surface area contributed by atoms with Crippen molar-refractivity contribution in [3.05, 3.63) is 48.3 Å². The lowest BCUT2D eigenvalue weighted by molar-refractivity contribution is -0.134. The molecule has 30 heavy (non-hydrogen) atoms. The van der Waals surface area contributed by atoms with E-state index >= 15 is 0 Å². The summed E-state index contributed by atoms with van der Waals surface area (Å²) in [7, 11) is 0. The SMILES string of the molecule is O=C(OCC(=O)N1CCN(c2ncccn2)CC1)c1cccc(N2CCCC2=O)c1. The molecule has 4 rings (SSSR count). The fourth-order valence-corrected chi connectivity index (χ4v) is 3.63. The van der Waals surface area contributed by atoms with Gasteiger partial charge in [0.2, 0.25) is 11.9 Å². The maximum Gasteiger partial charge on any atom is 0.338 e. The lowest BCUT2D eigenvalue weighted by Gasteiger charge is -2.34. The molecule has 9 nitrogen and oxygen atoms in total. The van der Waals surface area contributed by atoms with Gasteiger partial charge in [-0.25, -0.2) is 14.8 Å². The molecular weight excluding hydrogens is 386 g/mol. The molecule has 1 aromatic heterocycles. The lowest BCUT2D eigenvalue weighted by Crippen LogP contribution is -2.50. The molecule has 0 spiro atoms. The number of hydrogen-bond acceptors (Lipinski definition) is 7. The van der Waals surface area contributed by atoms with E-state index < -0.39 is 5.97 Å². The Morgan fingerprint density at radius 1 is 1.00 bits per heavy atom. The quantitative estimate of drug-likeness (QED) is 0.683. The molecule has 1 aromatic carbocycles. The van der Waals surface area contributed by atoms with Crippen LogP contribution < -0.4 is 9.80 Å². The van der Waals surface area contributed by atoms with Crippen LogP contribution in [0.15, 0.2) is 42.7 Å². The first-order valence-electron chi connectivity index (χ1n) is 9.99. The van der Waals surface area contributed by atoms with Crippen molar-refractivity contribution in [1.29, 1.82) is 0 Å². The molecule has 0 bridgehead atoms. The third-order valence-electron chi connectivity index (χ3n) is 5.26. The highest BCUT2D eigenvalue weighted by Crippen LogP contribution is 2.22. The monoisotopic (exact) mass is 409 g/mol. The number of benzene rings is 1. The fourth-order valence-electron chi connectivity index (χ4n) is 3.63. The minimum Gasteiger partial charge on any atom is -0.452 e. The zero-order chi connectivity index (χ0) is 20.9. The summed E-state index contributed by atoms with van der Waals surface area (Å²) in [6, 6.07) is 8.52. The van der Waals surface area contributed by atoms with Crippen LogP contribution in [0.2, 0.25) is 0 Å². The average molecular weight is 409 g/mol. The molecule has 9 heteroatoms. The fraction of sp³-hybridized carbons (Fsp3) is 0.381. The van der Waals surface area contributed by atoms with Crippen LogP contribution in [0.4, 0.5) is 11.6 Å². The molecular formula is C21H23N5O4. The first kappa shape index (κ1) is 19.8. The predicted octanol–water partition coefficient (Wildman–Crippen LogP) is 1.11. The number of anilines is 2. The second-order valence-corrected chi connectivity index (χ2v) is 7.19. The van der Waals surface area contributed by atoms with Crippen LogP contribution in [0.1, 0.15) is 23.2 Å². The molecule has 0 radical (unpaired) electrons. The number of carbonyl (C=O) groups excluding carboxylic acids is 3. The van der Waals surface area contributed by atoms with Gasteiger partial charge in [0.25, 0.3) is 5.91 Å². The Bertz CT molecular complexity index is 928. The third-order valence-corrected chi connectivity index (χ3v) is 5.26. The van der Waals surface area contributed by atoms with E-state index in [0.29, 0.717) is 56.3 Å². The molecule has 156 valence electrons. The van der Waals surface area contributed by atoms with Gasteiger partial charge < -0.3 is 19.4 Å². The summed E-state index contributed by atoms with van der Waals surface area (Å²) < 4.78 is 5.23. The van der Waals surface area contributed by atoms with Gasteiger partial charge in [0.05, 0.1) is 5.56 Å². The van der Waals surface area contributed by atoms with Gasteiger partial charge in [0.15, 0.2) is 6.61 Å². The normalized spacial score (nSPS) is 16.7. The van der Waals surface area contributed by atoms with Crippen LogP contribution in [-0.2, 0) is 14.3 Å². The van der Waals surface area contributed by atoms with Crippen LogP contribution in [0.25, 0.3) is 0 Å². The van der Waals surface area contributed by atoms with E-state index in [0.717, 1.165) is 6.42 Å². The van der Waals surface area contributed by atoms with Gasteiger partial charge in [0, 0.05) is 57.2 Å². The largest absolute Gasteiger partial charge is 0.452 e. The van der Waals surface area contributed by atoms with Gasteiger partial charge in [-0.2, -0.15) is 0 Å². The summed E-state index contributed by atoms with van der Waals surface area (Å²) in [5, 5.41) is 0. The van der Waals surface area contributed by atoms with E-state index in [2.05, 4.69) is 9.97 Å². The van der Waals surface area contributed by atoms with Crippen molar-refractivity contribution in [3.8, 4) is 0 Å². The number of rotatable bonds is 5. The Labute approximate surface area is 174 Å². The van der Waals surface area contributed by atoms with Crippen LogP contribution in [0.5, 0.6) is 0 Å². The van der Waals surface area contributed by atoms with E-state index in [1.807, 2.05) is 4.90 Å². The van der Waals surface area contributed by atoms with Crippen molar-refractivity contribution in [3.63, 3.8) is 0 Å². The maximum absolute atomic E-state index is 12.4. The van der Waals surface area contributed by atoms with Gasteiger partial charge in [-0.3, -0.25) is 9.59 Å². The highest BCUT2D eigenvalue weighted by molar-refractivity contribution is 5.97. The third kappa shape index (κ3) is 4.40. The molecule has 2 saturated heterocycles. The van der Waals surface area contributed by atoms with E-state index in [1.54, 1.807) is 52.5 Å². The minimum absolute atomic E-state index is 0.0516. The summed E-state index contributed by atoms with van der Waals surface area (Å²) in [5.74, 6) is -0.112. The lowest BCUT2D eigenvalue weighted by atomic mass is 10.2. The molecule has 2 aliphatic rings. The molecule has 2 fully saturated rings. The van der Waals surface area contributed by atoms with E-state index in [1.165, 1.54) is 0 Å². The van der Waals surface area contributed by atoms with Crippen molar-refractivity contribution in [2.75, 3.05) is 49.1 Å². The molecule has 2 aromatic rings. The molecule has 0 atom stereocenters. The Kier molecular flexibility index (Phi) is 5.87. The summed E-state index contributed by atoms with van der Waals surface area (Å²) in [5.41, 5.74) is 1.00. The second-order valence-electron chi connectivity index (χ2n) is 7.19. The number of nitrogens with zero attached hydrogens (tertiary/aromatic N) is 5. The predicted molar refractivity (Wildman–Crippen MR) is 109 cm³/mol. The Hall–Kier alpha value is -3.49. The Morgan fingerprint density at radius 3 is 2.47 bits per heavy atom. The van der Waals surface area contributed by atoms with Crippen LogP contribution >= 0.6 is 0 Å². The molecule has 0 saturated carbocycles. The second kappa shape index (κ2) is 8.89. The van der Waals surface area contributed by atoms with Gasteiger partial charge in [-0.05, 0) is 30.7 Å². The Balaban J connectivity index is 1.28. The summed E-state index contributed by atoms with van der Waals surface area (Å²) in [6.45, 7) is 2.61. The summed E-state index contributed by atoms with van der Waals surface area (Å²) >= 11 is 0. The Morgan fingerprint density at radius 2 is 1.77 bits per heavy atom. The van der Waals surface area contributed by atoms with Crippen LogP contribution in [0.3, 0.4) is 0 Å². The number of hydrogen-bond donors (Lipinski definition) is 0. The number of carbonyl (C=O) groups is 3. The van der Waals surface area contributed by atoms with E-state index in [-0.39, 0.29) is 18.4 Å². The van der Waals surface area contributed by atoms with Crippen molar-refractivity contribution < 1.29 is 19.1 Å². The molecule has 0 aliphatic carbocycles. The number of aromatic nitrogens is 2. The van der Waals surface area contributed by atoms with Gasteiger partial charge in [0.1, 0.15) is 0 Å². The van der Waals surface area contributed by atoms with Crippen LogP contribution in [-0.4, -0.2) is 72.0 Å². The highest BCUT2D eigenvalue weighted by Gasteiger charge is 2.25. The standard InChI is InChI=1S/C21H23N5O4/c27-18-6-2-9-26(18)17-5-1-4-16(14-17)20(29)30-15-19(28)24-10-12-25(13-11-24)21-22-7-3-8-23-21/h1,3-5,7-8,14H,2,6,9-13,15H2. The summed E-state index contributed by atoms with van der Waals surface area (Å²) in [6.07, 6.45) is 4.71. The van der Waals surface area contributed by atoms with Crippen molar-refractivity contribution >= 4 is 29.4 Å². The minimum atomic E-state index is -0.576. The number of piperazine rings is 1. The number of ether oxygens (including phenoxy) is 1. The first-order chi connectivity index (χ1) is 14.6. The molecule has 0 unspecified atom stereocenters. The maximum atomic E-state index is 12.4. The van der Waals surface area contributed by atoms with E-state index in [4.69, 9.17) is 4.74 Å². The smallest absolute Gasteiger partial charge is 0.338 e. The van der Waals surface area contributed by atoms with Gasteiger partial charge in [-0.1, -0.05) is 6.07 Å². The molecule has 0 N–H and O–H groups in total. The molecule has 3 heterocycles. The van der Waals surface area contributed by atoms with Crippen molar-refractivity contribution in [1.82, 2.24) is 14.9 Å². The first-order valence-corrected chi connectivity index (χ1v) is 9.99. The van der Waals surface area contributed by atoms with Gasteiger partial charge in [-0.15, -0.1) is 0 Å². The average Bonchev–Trinajstić information content (AvgIpc) is 3.24. The molecule has 2 aliphatic heterocycles. The van der Waals surface area contributed by atoms with Gasteiger partial charge >= 0.3 is 5.97 Å². The number of esters is 1.